The average molecular weight is 511 g/mol. The third-order valence-electron chi connectivity index (χ3n) is 7.26. The lowest BCUT2D eigenvalue weighted by Gasteiger charge is -2.15. The van der Waals surface area contributed by atoms with Crippen molar-refractivity contribution in [1.29, 1.82) is 0 Å². The van der Waals surface area contributed by atoms with Crippen molar-refractivity contribution in [3.05, 3.63) is 90.0 Å². The highest BCUT2D eigenvalue weighted by molar-refractivity contribution is 5.86. The second-order valence-electron chi connectivity index (χ2n) is 9.78. The van der Waals surface area contributed by atoms with Crippen molar-refractivity contribution < 1.29 is 24.1 Å². The summed E-state index contributed by atoms with van der Waals surface area (Å²) >= 11 is 0. The summed E-state index contributed by atoms with van der Waals surface area (Å²) in [6.07, 6.45) is 4.51. The quantitative estimate of drug-likeness (QED) is 0.186. The SMILES string of the molecule is COc1cc2ccccc2cc1OCCCCOc1ccc2c(c1)C(CCCCC(=O)O)c1ccccc1-2. The van der Waals surface area contributed by atoms with Gasteiger partial charge in [0.1, 0.15) is 5.75 Å². The number of hydrogen-bond acceptors (Lipinski definition) is 4. The van der Waals surface area contributed by atoms with E-state index < -0.39 is 5.97 Å². The minimum atomic E-state index is -0.727. The zero-order chi connectivity index (χ0) is 26.3. The van der Waals surface area contributed by atoms with Crippen LogP contribution < -0.4 is 14.2 Å². The molecule has 0 aromatic heterocycles. The van der Waals surface area contributed by atoms with Crippen LogP contribution >= 0.6 is 0 Å². The molecule has 4 aromatic carbocycles. The Kier molecular flexibility index (Phi) is 8.12. The normalized spacial score (nSPS) is 13.7. The molecule has 4 aromatic rings. The van der Waals surface area contributed by atoms with E-state index in [-0.39, 0.29) is 12.3 Å². The Morgan fingerprint density at radius 3 is 2.18 bits per heavy atom. The molecule has 0 saturated carbocycles. The maximum Gasteiger partial charge on any atom is 0.303 e. The van der Waals surface area contributed by atoms with Gasteiger partial charge in [-0.2, -0.15) is 0 Å². The molecule has 1 atom stereocenters. The number of carboxylic acids is 1. The van der Waals surface area contributed by atoms with Gasteiger partial charge in [0.05, 0.1) is 20.3 Å². The van der Waals surface area contributed by atoms with Gasteiger partial charge in [-0.3, -0.25) is 4.79 Å². The van der Waals surface area contributed by atoms with Crippen molar-refractivity contribution in [2.75, 3.05) is 20.3 Å². The zero-order valence-corrected chi connectivity index (χ0v) is 21.8. The van der Waals surface area contributed by atoms with Gasteiger partial charge in [-0.1, -0.05) is 61.0 Å². The highest BCUT2D eigenvalue weighted by Crippen LogP contribution is 2.48. The summed E-state index contributed by atoms with van der Waals surface area (Å²) in [5, 5.41) is 11.2. The number of carbonyl (C=O) groups is 1. The van der Waals surface area contributed by atoms with Crippen LogP contribution in [-0.4, -0.2) is 31.4 Å². The molecule has 196 valence electrons. The fraction of sp³-hybridized carbons (Fsp3) is 0.303. The first kappa shape index (κ1) is 25.7. The van der Waals surface area contributed by atoms with Gasteiger partial charge < -0.3 is 19.3 Å². The molecule has 0 aliphatic heterocycles. The summed E-state index contributed by atoms with van der Waals surface area (Å²) in [6.45, 7) is 1.21. The zero-order valence-electron chi connectivity index (χ0n) is 21.8. The number of carboxylic acid groups (broad SMARTS) is 1. The van der Waals surface area contributed by atoms with Gasteiger partial charge in [0.2, 0.25) is 0 Å². The van der Waals surface area contributed by atoms with Crippen LogP contribution in [-0.2, 0) is 4.79 Å². The first-order valence-corrected chi connectivity index (χ1v) is 13.4. The fourth-order valence-corrected chi connectivity index (χ4v) is 5.36. The summed E-state index contributed by atoms with van der Waals surface area (Å²) in [5.74, 6) is 1.94. The lowest BCUT2D eigenvalue weighted by atomic mass is 9.91. The van der Waals surface area contributed by atoms with Gasteiger partial charge in [-0.05, 0) is 83.0 Å². The molecule has 0 bridgehead atoms. The third-order valence-corrected chi connectivity index (χ3v) is 7.26. The van der Waals surface area contributed by atoms with Crippen LogP contribution in [0, 0.1) is 0 Å². The van der Waals surface area contributed by atoms with Crippen molar-refractivity contribution >= 4 is 16.7 Å². The summed E-state index contributed by atoms with van der Waals surface area (Å²) in [7, 11) is 1.67. The lowest BCUT2D eigenvalue weighted by molar-refractivity contribution is -0.137. The van der Waals surface area contributed by atoms with Crippen LogP contribution in [0.2, 0.25) is 0 Å². The van der Waals surface area contributed by atoms with Gasteiger partial charge in [-0.15, -0.1) is 0 Å². The largest absolute Gasteiger partial charge is 0.494 e. The van der Waals surface area contributed by atoms with E-state index in [0.29, 0.717) is 19.6 Å². The van der Waals surface area contributed by atoms with E-state index in [1.54, 1.807) is 7.11 Å². The number of hydrogen-bond donors (Lipinski definition) is 1. The minimum absolute atomic E-state index is 0.224. The van der Waals surface area contributed by atoms with Crippen LogP contribution in [0.3, 0.4) is 0 Å². The van der Waals surface area contributed by atoms with E-state index >= 15 is 0 Å². The maximum absolute atomic E-state index is 10.9. The number of benzene rings is 4. The number of fused-ring (bicyclic) bond motifs is 4. The summed E-state index contributed by atoms with van der Waals surface area (Å²) < 4.78 is 17.7. The van der Waals surface area contributed by atoms with Crippen LogP contribution in [0.4, 0.5) is 0 Å². The summed E-state index contributed by atoms with van der Waals surface area (Å²) in [5.41, 5.74) is 5.15. The molecule has 0 saturated heterocycles. The number of methoxy groups -OCH3 is 1. The van der Waals surface area contributed by atoms with E-state index in [1.165, 1.54) is 22.3 Å². The third kappa shape index (κ3) is 5.77. The topological polar surface area (TPSA) is 65.0 Å². The van der Waals surface area contributed by atoms with Crippen LogP contribution in [0.15, 0.2) is 78.9 Å². The monoisotopic (exact) mass is 510 g/mol. The van der Waals surface area contributed by atoms with Crippen molar-refractivity contribution in [1.82, 2.24) is 0 Å². The highest BCUT2D eigenvalue weighted by atomic mass is 16.5. The van der Waals surface area contributed by atoms with Crippen LogP contribution in [0.5, 0.6) is 17.2 Å². The minimum Gasteiger partial charge on any atom is -0.494 e. The van der Waals surface area contributed by atoms with Gasteiger partial charge in [0, 0.05) is 12.3 Å². The molecular formula is C33H34O5. The Hall–Kier alpha value is -3.99. The van der Waals surface area contributed by atoms with Crippen molar-refractivity contribution in [3.8, 4) is 28.4 Å². The lowest BCUT2D eigenvalue weighted by Crippen LogP contribution is -2.04. The van der Waals surface area contributed by atoms with Crippen molar-refractivity contribution in [3.63, 3.8) is 0 Å². The second kappa shape index (κ2) is 12.0. The fourth-order valence-electron chi connectivity index (χ4n) is 5.36. The van der Waals surface area contributed by atoms with E-state index in [1.807, 2.05) is 24.3 Å². The molecule has 1 aliphatic carbocycles. The van der Waals surface area contributed by atoms with Crippen LogP contribution in [0.25, 0.3) is 21.9 Å². The molecule has 1 N–H and O–H groups in total. The molecule has 0 fully saturated rings. The smallest absolute Gasteiger partial charge is 0.303 e. The standard InChI is InChI=1S/C33H34O5/c1-36-31-20-23-10-2-3-11-24(23)21-32(31)38-19-9-8-18-37-25-16-17-29-27-13-5-4-12-26(27)28(30(29)22-25)14-6-7-15-33(34)35/h2-5,10-13,16-17,20-22,28H,6-9,14-15,18-19H2,1H3,(H,34,35). The van der Waals surface area contributed by atoms with Gasteiger partial charge in [0.15, 0.2) is 11.5 Å². The van der Waals surface area contributed by atoms with E-state index in [4.69, 9.17) is 19.3 Å². The Morgan fingerprint density at radius 2 is 1.42 bits per heavy atom. The van der Waals surface area contributed by atoms with Gasteiger partial charge >= 0.3 is 5.97 Å². The molecule has 1 aliphatic rings. The molecule has 0 amide bonds. The van der Waals surface area contributed by atoms with Gasteiger partial charge in [0.25, 0.3) is 0 Å². The number of unbranched alkanes of at least 4 members (excludes halogenated alkanes) is 2. The van der Waals surface area contributed by atoms with Crippen molar-refractivity contribution in [2.24, 2.45) is 0 Å². The predicted octanol–water partition coefficient (Wildman–Crippen LogP) is 7.84. The molecule has 1 unspecified atom stereocenters. The maximum atomic E-state index is 10.9. The molecule has 0 spiro atoms. The number of rotatable bonds is 13. The number of aliphatic carboxylic acids is 1. The molecular weight excluding hydrogens is 476 g/mol. The molecule has 0 heterocycles. The van der Waals surface area contributed by atoms with E-state index in [0.717, 1.165) is 53.7 Å². The first-order valence-electron chi connectivity index (χ1n) is 13.4. The van der Waals surface area contributed by atoms with Crippen molar-refractivity contribution in [2.45, 2.75) is 44.4 Å². The average Bonchev–Trinajstić information content (AvgIpc) is 3.25. The Bertz CT molecular complexity index is 1410. The van der Waals surface area contributed by atoms with E-state index in [2.05, 4.69) is 54.6 Å². The first-order chi connectivity index (χ1) is 18.6. The van der Waals surface area contributed by atoms with Crippen LogP contribution in [0.1, 0.15) is 55.6 Å². The predicted molar refractivity (Wildman–Crippen MR) is 151 cm³/mol. The summed E-state index contributed by atoms with van der Waals surface area (Å²) in [6, 6.07) is 27.2. The molecule has 5 rings (SSSR count). The molecule has 0 radical (unpaired) electrons. The Labute approximate surface area is 224 Å². The molecule has 38 heavy (non-hydrogen) atoms. The second-order valence-corrected chi connectivity index (χ2v) is 9.78. The Morgan fingerprint density at radius 1 is 0.737 bits per heavy atom. The van der Waals surface area contributed by atoms with Gasteiger partial charge in [-0.25, -0.2) is 0 Å². The highest BCUT2D eigenvalue weighted by Gasteiger charge is 2.28. The van der Waals surface area contributed by atoms with E-state index in [9.17, 15) is 4.79 Å². The molecule has 5 nitrogen and oxygen atoms in total. The number of ether oxygens (including phenoxy) is 3. The summed E-state index contributed by atoms with van der Waals surface area (Å²) in [4.78, 5) is 10.9. The molecule has 5 heteroatoms. The Balaban J connectivity index is 1.15.